The molecule has 4 nitrogen and oxygen atoms in total. The van der Waals surface area contributed by atoms with Gasteiger partial charge in [0.25, 0.3) is 0 Å². The van der Waals surface area contributed by atoms with Gasteiger partial charge in [0, 0.05) is 6.42 Å². The Balaban J connectivity index is 2.83. The number of hydrogen-bond acceptors (Lipinski definition) is 3. The van der Waals surface area contributed by atoms with Crippen molar-refractivity contribution in [1.29, 1.82) is 0 Å². The Labute approximate surface area is 114 Å². The topological polar surface area (TPSA) is 66.8 Å². The smallest absolute Gasteiger partial charge is 0.335 e. The van der Waals surface area contributed by atoms with Gasteiger partial charge in [-0.3, -0.25) is 0 Å². The number of carbonyl (C=O) groups is 1. The number of aliphatic hydroxyl groups is 1. The van der Waals surface area contributed by atoms with Crippen LogP contribution in [0.2, 0.25) is 0 Å². The summed E-state index contributed by atoms with van der Waals surface area (Å²) >= 11 is 0. The highest BCUT2D eigenvalue weighted by Crippen LogP contribution is 2.29. The van der Waals surface area contributed by atoms with E-state index in [1.54, 1.807) is 26.0 Å². The summed E-state index contributed by atoms with van der Waals surface area (Å²) < 4.78 is 5.91. The highest BCUT2D eigenvalue weighted by Gasteiger charge is 2.31. The molecule has 0 radical (unpaired) electrons. The lowest BCUT2D eigenvalue weighted by atomic mass is 9.88. The number of aromatic carboxylic acids is 1. The summed E-state index contributed by atoms with van der Waals surface area (Å²) in [5, 5.41) is 18.8. The third kappa shape index (κ3) is 4.91. The minimum absolute atomic E-state index is 0.230. The van der Waals surface area contributed by atoms with Crippen LogP contribution in [0, 0.1) is 0 Å². The number of ether oxygens (including phenoxy) is 1. The Bertz CT molecular complexity index is 430. The van der Waals surface area contributed by atoms with Crippen LogP contribution in [0.15, 0.2) is 24.3 Å². The molecule has 0 aliphatic carbocycles. The molecule has 0 aliphatic rings. The second-order valence-corrected chi connectivity index (χ2v) is 5.72. The van der Waals surface area contributed by atoms with Gasteiger partial charge in [-0.15, -0.1) is 0 Å². The summed E-state index contributed by atoms with van der Waals surface area (Å²) in [5.41, 5.74) is -1.07. The average molecular weight is 266 g/mol. The molecule has 1 aromatic rings. The molecule has 0 spiro atoms. The molecule has 0 aromatic heterocycles. The van der Waals surface area contributed by atoms with Gasteiger partial charge in [0.2, 0.25) is 0 Å². The molecule has 0 saturated carbocycles. The number of carboxylic acids is 1. The molecule has 0 bridgehead atoms. The number of hydrogen-bond donors (Lipinski definition) is 2. The van der Waals surface area contributed by atoms with Gasteiger partial charge in [-0.25, -0.2) is 4.79 Å². The lowest BCUT2D eigenvalue weighted by Gasteiger charge is -2.34. The monoisotopic (exact) mass is 266 g/mol. The fraction of sp³-hybridized carbons (Fsp3) is 0.533. The van der Waals surface area contributed by atoms with Crippen molar-refractivity contribution in [2.24, 2.45) is 0 Å². The summed E-state index contributed by atoms with van der Waals surface area (Å²) in [6, 6.07) is 6.30. The summed E-state index contributed by atoms with van der Waals surface area (Å²) in [4.78, 5) is 10.8. The third-order valence-corrected chi connectivity index (χ3v) is 3.02. The van der Waals surface area contributed by atoms with Crippen molar-refractivity contribution >= 4 is 5.97 Å². The van der Waals surface area contributed by atoms with Gasteiger partial charge in [-0.05, 0) is 51.5 Å². The Kier molecular flexibility index (Phi) is 4.58. The quantitative estimate of drug-likeness (QED) is 0.830. The molecule has 1 rings (SSSR count). The second-order valence-electron chi connectivity index (χ2n) is 5.72. The van der Waals surface area contributed by atoms with E-state index in [0.717, 1.165) is 6.42 Å². The molecule has 19 heavy (non-hydrogen) atoms. The zero-order valence-corrected chi connectivity index (χ0v) is 11.9. The van der Waals surface area contributed by atoms with Crippen LogP contribution in [0.4, 0.5) is 0 Å². The fourth-order valence-corrected chi connectivity index (χ4v) is 2.10. The van der Waals surface area contributed by atoms with Gasteiger partial charge in [0.05, 0.1) is 11.2 Å². The van der Waals surface area contributed by atoms with E-state index in [0.29, 0.717) is 12.2 Å². The van der Waals surface area contributed by atoms with E-state index in [2.05, 4.69) is 0 Å². The summed E-state index contributed by atoms with van der Waals surface area (Å²) in [6.45, 7) is 7.43. The van der Waals surface area contributed by atoms with Gasteiger partial charge in [0.1, 0.15) is 11.4 Å². The lowest BCUT2D eigenvalue weighted by Crippen LogP contribution is -2.39. The molecule has 2 N–H and O–H groups in total. The van der Waals surface area contributed by atoms with E-state index in [9.17, 15) is 9.90 Å². The van der Waals surface area contributed by atoms with Gasteiger partial charge in [-0.2, -0.15) is 0 Å². The Hall–Kier alpha value is -1.55. The first-order valence-corrected chi connectivity index (χ1v) is 6.40. The van der Waals surface area contributed by atoms with E-state index in [4.69, 9.17) is 9.84 Å². The molecule has 0 amide bonds. The van der Waals surface area contributed by atoms with Crippen molar-refractivity contribution in [3.63, 3.8) is 0 Å². The van der Waals surface area contributed by atoms with E-state index in [-0.39, 0.29) is 5.56 Å². The zero-order chi connectivity index (χ0) is 14.7. The van der Waals surface area contributed by atoms with Crippen LogP contribution in [0.5, 0.6) is 5.75 Å². The van der Waals surface area contributed by atoms with Crippen molar-refractivity contribution in [2.45, 2.75) is 51.7 Å². The number of carboxylic acid groups (broad SMARTS) is 1. The predicted molar refractivity (Wildman–Crippen MR) is 73.6 cm³/mol. The molecule has 0 fully saturated rings. The Morgan fingerprint density at radius 1 is 1.21 bits per heavy atom. The molecule has 1 aromatic carbocycles. The average Bonchev–Trinajstić information content (AvgIpc) is 2.27. The van der Waals surface area contributed by atoms with Crippen molar-refractivity contribution in [3.05, 3.63) is 29.8 Å². The highest BCUT2D eigenvalue weighted by atomic mass is 16.5. The fourth-order valence-electron chi connectivity index (χ4n) is 2.10. The van der Waals surface area contributed by atoms with E-state index in [1.165, 1.54) is 12.1 Å². The van der Waals surface area contributed by atoms with Crippen molar-refractivity contribution in [3.8, 4) is 5.75 Å². The van der Waals surface area contributed by atoms with Crippen LogP contribution in [-0.4, -0.2) is 27.4 Å². The maximum absolute atomic E-state index is 10.8. The minimum Gasteiger partial charge on any atom is -0.487 e. The first kappa shape index (κ1) is 15.5. The Morgan fingerprint density at radius 2 is 1.74 bits per heavy atom. The molecule has 4 heteroatoms. The molecular weight excluding hydrogens is 244 g/mol. The lowest BCUT2D eigenvalue weighted by molar-refractivity contribution is -0.0221. The van der Waals surface area contributed by atoms with Gasteiger partial charge >= 0.3 is 5.97 Å². The molecule has 106 valence electrons. The van der Waals surface area contributed by atoms with Crippen molar-refractivity contribution in [1.82, 2.24) is 0 Å². The molecular formula is C15H22O4. The van der Waals surface area contributed by atoms with Crippen LogP contribution < -0.4 is 4.74 Å². The van der Waals surface area contributed by atoms with Crippen LogP contribution in [0.25, 0.3) is 0 Å². The third-order valence-electron chi connectivity index (χ3n) is 3.02. The maximum atomic E-state index is 10.8. The first-order chi connectivity index (χ1) is 8.65. The van der Waals surface area contributed by atoms with Crippen LogP contribution in [-0.2, 0) is 0 Å². The van der Waals surface area contributed by atoms with Gasteiger partial charge in [-0.1, -0.05) is 6.92 Å². The Morgan fingerprint density at radius 3 is 2.11 bits per heavy atom. The molecule has 1 unspecified atom stereocenters. The second kappa shape index (κ2) is 5.61. The largest absolute Gasteiger partial charge is 0.487 e. The number of benzene rings is 1. The van der Waals surface area contributed by atoms with Crippen molar-refractivity contribution < 1.29 is 19.7 Å². The summed E-state index contributed by atoms with van der Waals surface area (Å²) in [6.07, 6.45) is 1.24. The molecule has 0 aliphatic heterocycles. The minimum atomic E-state index is -0.957. The number of rotatable bonds is 6. The van der Waals surface area contributed by atoms with Crippen molar-refractivity contribution in [2.75, 3.05) is 0 Å². The standard InChI is InChI=1S/C15H22O4/c1-5-15(4,10-14(2,3)18)19-12-8-6-11(7-9-12)13(16)17/h6-9,18H,5,10H2,1-4H3,(H,16,17). The van der Waals surface area contributed by atoms with E-state index in [1.807, 2.05) is 13.8 Å². The van der Waals surface area contributed by atoms with Gasteiger partial charge < -0.3 is 14.9 Å². The zero-order valence-electron chi connectivity index (χ0n) is 11.9. The van der Waals surface area contributed by atoms with Gasteiger partial charge in [0.15, 0.2) is 0 Å². The summed E-state index contributed by atoms with van der Waals surface area (Å²) in [5.74, 6) is -0.347. The highest BCUT2D eigenvalue weighted by molar-refractivity contribution is 5.87. The first-order valence-electron chi connectivity index (χ1n) is 6.40. The summed E-state index contributed by atoms with van der Waals surface area (Å²) in [7, 11) is 0. The molecule has 0 saturated heterocycles. The van der Waals surface area contributed by atoms with E-state index < -0.39 is 17.2 Å². The van der Waals surface area contributed by atoms with E-state index >= 15 is 0 Å². The van der Waals surface area contributed by atoms with Crippen LogP contribution in [0.1, 0.15) is 50.9 Å². The molecule has 1 atom stereocenters. The predicted octanol–water partition coefficient (Wildman–Crippen LogP) is 3.09. The van der Waals surface area contributed by atoms with Crippen LogP contribution in [0.3, 0.4) is 0 Å². The SMILES string of the molecule is CCC(C)(CC(C)(C)O)Oc1ccc(C(=O)O)cc1. The maximum Gasteiger partial charge on any atom is 0.335 e. The van der Waals surface area contributed by atoms with Crippen LogP contribution >= 0.6 is 0 Å². The normalized spacial score (nSPS) is 14.8. The molecule has 0 heterocycles.